The highest BCUT2D eigenvalue weighted by molar-refractivity contribution is 5.75. The van der Waals surface area contributed by atoms with E-state index >= 15 is 0 Å². The molecule has 2 heterocycles. The number of carbonyl (C=O) groups excluding carboxylic acids is 1. The molecule has 27 heavy (non-hydrogen) atoms. The van der Waals surface area contributed by atoms with Crippen molar-refractivity contribution in [2.75, 3.05) is 32.7 Å². The van der Waals surface area contributed by atoms with Gasteiger partial charge in [0.1, 0.15) is 12.9 Å². The second-order valence-electron chi connectivity index (χ2n) is 7.40. The summed E-state index contributed by atoms with van der Waals surface area (Å²) in [6, 6.07) is 8.65. The molecule has 1 aliphatic rings. The molecular weight excluding hydrogens is 340 g/mol. The summed E-state index contributed by atoms with van der Waals surface area (Å²) >= 11 is 0. The molecule has 7 nitrogen and oxygen atoms in total. The number of carbonyl (C=O) groups is 1. The number of benzene rings is 1. The number of likely N-dealkylation sites (tertiary alicyclic amines) is 1. The second kappa shape index (κ2) is 9.60. The van der Waals surface area contributed by atoms with Crippen LogP contribution >= 0.6 is 0 Å². The van der Waals surface area contributed by atoms with Gasteiger partial charge in [0.15, 0.2) is 0 Å². The molecule has 0 bridgehead atoms. The molecule has 1 aromatic heterocycles. The molecule has 1 aromatic carbocycles. The van der Waals surface area contributed by atoms with Crippen LogP contribution in [0.15, 0.2) is 30.6 Å². The normalized spacial score (nSPS) is 15.8. The first-order chi connectivity index (χ1) is 13.2. The third kappa shape index (κ3) is 5.60. The Morgan fingerprint density at radius 2 is 2.04 bits per heavy atom. The van der Waals surface area contributed by atoms with Crippen LogP contribution < -0.4 is 0 Å². The van der Waals surface area contributed by atoms with Crippen LogP contribution in [-0.4, -0.2) is 68.6 Å². The van der Waals surface area contributed by atoms with Gasteiger partial charge in [-0.05, 0) is 73.7 Å². The minimum Gasteiger partial charge on any atom is -0.341 e. The zero-order valence-electron chi connectivity index (χ0n) is 16.4. The van der Waals surface area contributed by atoms with E-state index in [1.54, 1.807) is 0 Å². The van der Waals surface area contributed by atoms with Crippen molar-refractivity contribution in [1.29, 1.82) is 0 Å². The topological polar surface area (TPSA) is 67.2 Å². The zero-order chi connectivity index (χ0) is 19.1. The summed E-state index contributed by atoms with van der Waals surface area (Å²) in [7, 11) is 0. The lowest BCUT2D eigenvalue weighted by Gasteiger charge is -2.34. The van der Waals surface area contributed by atoms with Gasteiger partial charge in [0.2, 0.25) is 5.91 Å². The van der Waals surface area contributed by atoms with Crippen molar-refractivity contribution >= 4 is 5.91 Å². The molecule has 0 N–H and O–H groups in total. The minimum absolute atomic E-state index is 0.0896. The Morgan fingerprint density at radius 1 is 1.26 bits per heavy atom. The lowest BCUT2D eigenvalue weighted by molar-refractivity contribution is -0.132. The Hall–Kier alpha value is -2.28. The monoisotopic (exact) mass is 370 g/mol. The molecule has 0 aliphatic carbocycles. The summed E-state index contributed by atoms with van der Waals surface area (Å²) in [5, 5.41) is 11.0. The fourth-order valence-corrected chi connectivity index (χ4v) is 3.77. The first-order valence-corrected chi connectivity index (χ1v) is 9.91. The first kappa shape index (κ1) is 19.5. The Balaban J connectivity index is 1.41. The van der Waals surface area contributed by atoms with Gasteiger partial charge in [0.25, 0.3) is 0 Å². The average Bonchev–Trinajstić information content (AvgIpc) is 3.19. The molecule has 1 aliphatic heterocycles. The van der Waals surface area contributed by atoms with Crippen LogP contribution in [-0.2, 0) is 17.8 Å². The number of rotatable bonds is 8. The van der Waals surface area contributed by atoms with Crippen molar-refractivity contribution in [3.8, 4) is 0 Å². The molecule has 2 aromatic rings. The smallest absolute Gasteiger partial charge is 0.244 e. The van der Waals surface area contributed by atoms with Crippen molar-refractivity contribution < 1.29 is 4.79 Å². The number of aryl methyl sites for hydroxylation is 1. The highest BCUT2D eigenvalue weighted by Gasteiger charge is 2.23. The molecule has 3 rings (SSSR count). The molecule has 0 unspecified atom stereocenters. The van der Waals surface area contributed by atoms with Crippen molar-refractivity contribution in [1.82, 2.24) is 30.0 Å². The summed E-state index contributed by atoms with van der Waals surface area (Å²) in [6.45, 7) is 9.37. The minimum atomic E-state index is 0.0896. The molecule has 1 saturated heterocycles. The number of hydrogen-bond donors (Lipinski definition) is 0. The summed E-state index contributed by atoms with van der Waals surface area (Å²) in [6.07, 6.45) is 4.91. The van der Waals surface area contributed by atoms with Crippen LogP contribution in [0.3, 0.4) is 0 Å². The molecule has 0 saturated carbocycles. The van der Waals surface area contributed by atoms with Gasteiger partial charge in [0.05, 0.1) is 0 Å². The molecule has 146 valence electrons. The van der Waals surface area contributed by atoms with Crippen LogP contribution in [0.2, 0.25) is 0 Å². The predicted octanol–water partition coefficient (Wildman–Crippen LogP) is 1.78. The van der Waals surface area contributed by atoms with Crippen molar-refractivity contribution in [2.45, 2.75) is 39.7 Å². The summed E-state index contributed by atoms with van der Waals surface area (Å²) in [5.74, 6) is 0.671. The van der Waals surface area contributed by atoms with Gasteiger partial charge >= 0.3 is 0 Å². The molecule has 0 spiro atoms. The van der Waals surface area contributed by atoms with Crippen molar-refractivity contribution in [3.63, 3.8) is 0 Å². The van der Waals surface area contributed by atoms with Gasteiger partial charge in [-0.25, -0.2) is 4.68 Å². The third-order valence-corrected chi connectivity index (χ3v) is 5.57. The Morgan fingerprint density at radius 3 is 2.70 bits per heavy atom. The lowest BCUT2D eigenvalue weighted by atomic mass is 9.95. The van der Waals surface area contributed by atoms with E-state index in [1.807, 2.05) is 11.8 Å². The van der Waals surface area contributed by atoms with Gasteiger partial charge in [-0.2, -0.15) is 0 Å². The van der Waals surface area contributed by atoms with E-state index in [2.05, 4.69) is 51.6 Å². The summed E-state index contributed by atoms with van der Waals surface area (Å²) in [4.78, 5) is 17.0. The number of hydrogen-bond acceptors (Lipinski definition) is 5. The average molecular weight is 371 g/mol. The molecule has 1 amide bonds. The molecular formula is C20H30N6O. The van der Waals surface area contributed by atoms with Crippen molar-refractivity contribution in [3.05, 3.63) is 41.7 Å². The zero-order valence-corrected chi connectivity index (χ0v) is 16.4. The largest absolute Gasteiger partial charge is 0.341 e. The molecule has 7 heteroatoms. The van der Waals surface area contributed by atoms with Crippen molar-refractivity contribution in [2.24, 2.45) is 5.92 Å². The number of tetrazole rings is 1. The van der Waals surface area contributed by atoms with Crippen LogP contribution in [0.1, 0.15) is 30.9 Å². The SMILES string of the molecule is CCN(CC1CCN(CCc2ccccc2C)CC1)C(=O)Cn1cnnn1. The Labute approximate surface area is 161 Å². The van der Waals surface area contributed by atoms with Gasteiger partial charge in [-0.3, -0.25) is 4.79 Å². The number of likely N-dealkylation sites (N-methyl/N-ethyl adjacent to an activating group) is 1. The van der Waals surface area contributed by atoms with E-state index < -0.39 is 0 Å². The summed E-state index contributed by atoms with van der Waals surface area (Å²) < 4.78 is 1.49. The Kier molecular flexibility index (Phi) is 6.92. The van der Waals surface area contributed by atoms with Crippen LogP contribution in [0.4, 0.5) is 0 Å². The maximum absolute atomic E-state index is 12.5. The molecule has 1 fully saturated rings. The van der Waals surface area contributed by atoms with E-state index in [0.717, 1.165) is 52.0 Å². The highest BCUT2D eigenvalue weighted by Crippen LogP contribution is 2.19. The quantitative estimate of drug-likeness (QED) is 0.709. The lowest BCUT2D eigenvalue weighted by Crippen LogP contribution is -2.42. The van der Waals surface area contributed by atoms with Gasteiger partial charge < -0.3 is 9.80 Å². The maximum Gasteiger partial charge on any atom is 0.244 e. The van der Waals surface area contributed by atoms with Crippen LogP contribution in [0.5, 0.6) is 0 Å². The van der Waals surface area contributed by atoms with Crippen LogP contribution in [0, 0.1) is 12.8 Å². The van der Waals surface area contributed by atoms with E-state index in [4.69, 9.17) is 0 Å². The Bertz CT molecular complexity index is 709. The van der Waals surface area contributed by atoms with Gasteiger partial charge in [-0.15, -0.1) is 5.10 Å². The predicted molar refractivity (Wildman–Crippen MR) is 104 cm³/mol. The van der Waals surface area contributed by atoms with Gasteiger partial charge in [0, 0.05) is 19.6 Å². The number of aromatic nitrogens is 4. The van der Waals surface area contributed by atoms with Gasteiger partial charge in [-0.1, -0.05) is 24.3 Å². The van der Waals surface area contributed by atoms with Crippen LogP contribution in [0.25, 0.3) is 0 Å². The number of piperidine rings is 1. The van der Waals surface area contributed by atoms with E-state index in [0.29, 0.717) is 5.92 Å². The highest BCUT2D eigenvalue weighted by atomic mass is 16.2. The molecule has 0 atom stereocenters. The second-order valence-corrected chi connectivity index (χ2v) is 7.40. The standard InChI is InChI=1S/C20H30N6O/c1-3-25(20(27)15-26-16-21-22-23-26)14-18-8-11-24(12-9-18)13-10-19-7-5-4-6-17(19)2/h4-7,16,18H,3,8-15H2,1-2H3. The fraction of sp³-hybridized carbons (Fsp3) is 0.600. The van der Waals surface area contributed by atoms with E-state index in [-0.39, 0.29) is 12.5 Å². The first-order valence-electron chi connectivity index (χ1n) is 9.91. The number of nitrogens with zero attached hydrogens (tertiary/aromatic N) is 6. The van der Waals surface area contributed by atoms with E-state index in [9.17, 15) is 4.79 Å². The number of amides is 1. The third-order valence-electron chi connectivity index (χ3n) is 5.57. The molecule has 0 radical (unpaired) electrons. The van der Waals surface area contributed by atoms with E-state index in [1.165, 1.54) is 22.1 Å². The fourth-order valence-electron chi connectivity index (χ4n) is 3.77. The maximum atomic E-state index is 12.5. The summed E-state index contributed by atoms with van der Waals surface area (Å²) in [5.41, 5.74) is 2.83.